The van der Waals surface area contributed by atoms with E-state index >= 15 is 0 Å². The van der Waals surface area contributed by atoms with Crippen molar-refractivity contribution >= 4 is 11.7 Å². The van der Waals surface area contributed by atoms with Crippen molar-refractivity contribution in [3.63, 3.8) is 0 Å². The number of fused-ring (bicyclic) bond motifs is 1. The minimum atomic E-state index is -1.13. The monoisotopic (exact) mass is 385 g/mol. The molecule has 1 saturated heterocycles. The lowest BCUT2D eigenvalue weighted by atomic mass is 10.0. The van der Waals surface area contributed by atoms with Gasteiger partial charge in [0.05, 0.1) is 31.0 Å². The Hall–Kier alpha value is -2.67. The molecular weight excluding hydrogens is 361 g/mol. The minimum absolute atomic E-state index is 0.0793. The van der Waals surface area contributed by atoms with Crippen LogP contribution < -0.4 is 9.64 Å². The van der Waals surface area contributed by atoms with Crippen molar-refractivity contribution in [2.24, 2.45) is 0 Å². The van der Waals surface area contributed by atoms with Crippen LogP contribution in [0.2, 0.25) is 0 Å². The predicted molar refractivity (Wildman–Crippen MR) is 103 cm³/mol. The summed E-state index contributed by atoms with van der Waals surface area (Å²) in [5.74, 6) is 1.29. The Morgan fingerprint density at radius 2 is 2.11 bits per heavy atom. The van der Waals surface area contributed by atoms with E-state index in [4.69, 9.17) is 9.84 Å². The van der Waals surface area contributed by atoms with Crippen LogP contribution in [0.4, 0.5) is 10.2 Å². The summed E-state index contributed by atoms with van der Waals surface area (Å²) in [6.07, 6.45) is -1.05. The summed E-state index contributed by atoms with van der Waals surface area (Å²) in [7, 11) is 0. The van der Waals surface area contributed by atoms with Gasteiger partial charge in [0.2, 0.25) is 0 Å². The molecular formula is C21H24FN3O3. The van der Waals surface area contributed by atoms with Gasteiger partial charge in [-0.05, 0) is 30.7 Å². The smallest absolute Gasteiger partial charge is 0.256 e. The molecule has 2 aromatic rings. The predicted octanol–water partition coefficient (Wildman–Crippen LogP) is 2.33. The SMILES string of the molecule is Cc1cc2c(nc1N1CCC(Oc3ccccc3)[C@@H](F)C1)CN(CCO)C2=O. The molecule has 1 amide bonds. The fourth-order valence-electron chi connectivity index (χ4n) is 3.87. The van der Waals surface area contributed by atoms with Gasteiger partial charge in [-0.2, -0.15) is 0 Å². The number of rotatable bonds is 5. The molecule has 2 aliphatic rings. The number of benzene rings is 1. The van der Waals surface area contributed by atoms with Crippen LogP contribution >= 0.6 is 0 Å². The fraction of sp³-hybridized carbons (Fsp3) is 0.429. The van der Waals surface area contributed by atoms with E-state index in [0.29, 0.717) is 43.1 Å². The first-order chi connectivity index (χ1) is 13.6. The van der Waals surface area contributed by atoms with Crippen molar-refractivity contribution in [1.82, 2.24) is 9.88 Å². The highest BCUT2D eigenvalue weighted by Crippen LogP contribution is 2.30. The van der Waals surface area contributed by atoms with Gasteiger partial charge in [-0.15, -0.1) is 0 Å². The van der Waals surface area contributed by atoms with Crippen molar-refractivity contribution in [1.29, 1.82) is 0 Å². The Labute approximate surface area is 163 Å². The molecule has 28 heavy (non-hydrogen) atoms. The zero-order chi connectivity index (χ0) is 19.7. The Bertz CT molecular complexity index is 861. The van der Waals surface area contributed by atoms with Crippen LogP contribution in [0.25, 0.3) is 0 Å². The van der Waals surface area contributed by atoms with Gasteiger partial charge in [-0.1, -0.05) is 18.2 Å². The molecule has 1 aromatic heterocycles. The zero-order valence-electron chi connectivity index (χ0n) is 15.8. The Morgan fingerprint density at radius 1 is 1.32 bits per heavy atom. The maximum Gasteiger partial charge on any atom is 0.256 e. The number of para-hydroxylation sites is 1. The molecule has 3 heterocycles. The number of anilines is 1. The van der Waals surface area contributed by atoms with Crippen LogP contribution in [0.1, 0.15) is 28.0 Å². The van der Waals surface area contributed by atoms with Crippen molar-refractivity contribution < 1.29 is 19.0 Å². The number of carbonyl (C=O) groups excluding carboxylic acids is 1. The van der Waals surface area contributed by atoms with Crippen LogP contribution in [0.3, 0.4) is 0 Å². The average molecular weight is 385 g/mol. The number of pyridine rings is 1. The lowest BCUT2D eigenvalue weighted by Crippen LogP contribution is -2.47. The van der Waals surface area contributed by atoms with Crippen LogP contribution in [-0.4, -0.2) is 59.4 Å². The van der Waals surface area contributed by atoms with E-state index in [0.717, 1.165) is 11.4 Å². The Kier molecular flexibility index (Phi) is 5.17. The van der Waals surface area contributed by atoms with Crippen LogP contribution in [0.15, 0.2) is 36.4 Å². The van der Waals surface area contributed by atoms with E-state index in [-0.39, 0.29) is 19.1 Å². The first-order valence-electron chi connectivity index (χ1n) is 9.58. The topological polar surface area (TPSA) is 65.9 Å². The zero-order valence-corrected chi connectivity index (χ0v) is 15.8. The normalized spacial score (nSPS) is 21.8. The highest BCUT2D eigenvalue weighted by Gasteiger charge is 2.34. The number of alkyl halides is 1. The molecule has 6 nitrogen and oxygen atoms in total. The number of aryl methyl sites for hydroxylation is 1. The summed E-state index contributed by atoms with van der Waals surface area (Å²) in [5.41, 5.74) is 2.12. The summed E-state index contributed by atoms with van der Waals surface area (Å²) in [6, 6.07) is 11.1. The molecule has 0 radical (unpaired) electrons. The Morgan fingerprint density at radius 3 is 2.82 bits per heavy atom. The van der Waals surface area contributed by atoms with Gasteiger partial charge >= 0.3 is 0 Å². The number of aliphatic hydroxyl groups excluding tert-OH is 1. The van der Waals surface area contributed by atoms with Crippen LogP contribution in [0, 0.1) is 6.92 Å². The van der Waals surface area contributed by atoms with Gasteiger partial charge in [0.1, 0.15) is 17.7 Å². The number of ether oxygens (including phenoxy) is 1. The molecule has 1 fully saturated rings. The van der Waals surface area contributed by atoms with E-state index in [1.807, 2.05) is 48.2 Å². The van der Waals surface area contributed by atoms with Gasteiger partial charge in [0.15, 0.2) is 6.17 Å². The quantitative estimate of drug-likeness (QED) is 0.856. The third-order valence-electron chi connectivity index (χ3n) is 5.31. The molecule has 0 aliphatic carbocycles. The van der Waals surface area contributed by atoms with Gasteiger partial charge < -0.3 is 19.6 Å². The molecule has 1 unspecified atom stereocenters. The van der Waals surface area contributed by atoms with Gasteiger partial charge in [-0.3, -0.25) is 4.79 Å². The first-order valence-corrected chi connectivity index (χ1v) is 9.58. The number of aliphatic hydroxyl groups is 1. The highest BCUT2D eigenvalue weighted by atomic mass is 19.1. The number of β-amino-alcohol motifs (C(OH)–C–C–N with tert-alkyl or cyclic N) is 1. The average Bonchev–Trinajstić information content (AvgIpc) is 2.99. The lowest BCUT2D eigenvalue weighted by Gasteiger charge is -2.36. The molecule has 4 rings (SSSR count). The van der Waals surface area contributed by atoms with E-state index in [9.17, 15) is 9.18 Å². The molecule has 148 valence electrons. The summed E-state index contributed by atoms with van der Waals surface area (Å²) >= 11 is 0. The van der Waals surface area contributed by atoms with Gasteiger partial charge in [0.25, 0.3) is 5.91 Å². The molecule has 0 spiro atoms. The number of amides is 1. The number of hydrogen-bond donors (Lipinski definition) is 1. The Balaban J connectivity index is 1.48. The number of halogens is 1. The third kappa shape index (κ3) is 3.54. The second kappa shape index (κ2) is 7.75. The third-order valence-corrected chi connectivity index (χ3v) is 5.31. The number of hydrogen-bond acceptors (Lipinski definition) is 5. The van der Waals surface area contributed by atoms with E-state index in [1.54, 1.807) is 4.90 Å². The molecule has 2 aliphatic heterocycles. The van der Waals surface area contributed by atoms with E-state index < -0.39 is 12.3 Å². The fourth-order valence-corrected chi connectivity index (χ4v) is 3.87. The molecule has 0 bridgehead atoms. The summed E-state index contributed by atoms with van der Waals surface area (Å²) in [6.45, 7) is 3.33. The van der Waals surface area contributed by atoms with Crippen LogP contribution in [0.5, 0.6) is 5.75 Å². The van der Waals surface area contributed by atoms with E-state index in [2.05, 4.69) is 4.98 Å². The standard InChI is InChI=1S/C21H24FN3O3/c1-14-11-16-18(13-25(9-10-26)21(16)27)23-20(14)24-8-7-19(17(22)12-24)28-15-5-3-2-4-6-15/h2-6,11,17,19,26H,7-10,12-13H2,1H3/t17-,19?/m0/s1. The van der Waals surface area contributed by atoms with Crippen molar-refractivity contribution in [2.45, 2.75) is 32.2 Å². The second-order valence-corrected chi connectivity index (χ2v) is 7.29. The van der Waals surface area contributed by atoms with Crippen molar-refractivity contribution in [3.05, 3.63) is 53.2 Å². The maximum absolute atomic E-state index is 14.8. The van der Waals surface area contributed by atoms with Crippen molar-refractivity contribution in [2.75, 3.05) is 31.1 Å². The van der Waals surface area contributed by atoms with Crippen molar-refractivity contribution in [3.8, 4) is 5.75 Å². The summed E-state index contributed by atoms with van der Waals surface area (Å²) in [5, 5.41) is 9.12. The summed E-state index contributed by atoms with van der Waals surface area (Å²) in [4.78, 5) is 20.6. The minimum Gasteiger partial charge on any atom is -0.487 e. The second-order valence-electron chi connectivity index (χ2n) is 7.29. The van der Waals surface area contributed by atoms with E-state index in [1.165, 1.54) is 0 Å². The largest absolute Gasteiger partial charge is 0.487 e. The molecule has 1 aromatic carbocycles. The highest BCUT2D eigenvalue weighted by molar-refractivity contribution is 5.98. The number of piperidine rings is 1. The number of aromatic nitrogens is 1. The molecule has 7 heteroatoms. The van der Waals surface area contributed by atoms with Gasteiger partial charge in [-0.25, -0.2) is 9.37 Å². The van der Waals surface area contributed by atoms with Gasteiger partial charge in [0, 0.05) is 19.5 Å². The molecule has 2 atom stereocenters. The first kappa shape index (κ1) is 18.7. The molecule has 0 saturated carbocycles. The number of carbonyl (C=O) groups is 1. The summed E-state index contributed by atoms with van der Waals surface area (Å²) < 4.78 is 20.6. The van der Waals surface area contributed by atoms with Crippen LogP contribution in [-0.2, 0) is 6.54 Å². The number of nitrogens with zero attached hydrogens (tertiary/aromatic N) is 3. The molecule has 1 N–H and O–H groups in total. The lowest BCUT2D eigenvalue weighted by molar-refractivity contribution is 0.0745. The maximum atomic E-state index is 14.8.